The summed E-state index contributed by atoms with van der Waals surface area (Å²) < 4.78 is 16.5. The number of anilines is 1. The van der Waals surface area contributed by atoms with Crippen LogP contribution in [0.2, 0.25) is 0 Å². The quantitative estimate of drug-likeness (QED) is 0.724. The van der Waals surface area contributed by atoms with Crippen molar-refractivity contribution in [2.24, 2.45) is 0 Å². The molecular formula is C21H29N3O5S. The third-order valence-electron chi connectivity index (χ3n) is 5.75. The molecule has 9 heteroatoms. The van der Waals surface area contributed by atoms with Crippen molar-refractivity contribution in [2.45, 2.75) is 18.9 Å². The van der Waals surface area contributed by atoms with Gasteiger partial charge in [0.1, 0.15) is 18.8 Å². The summed E-state index contributed by atoms with van der Waals surface area (Å²) in [6.07, 6.45) is 0.837. The van der Waals surface area contributed by atoms with Crippen molar-refractivity contribution in [3.8, 4) is 11.5 Å². The smallest absolute Gasteiger partial charge is 0.250 e. The second-order valence-electron chi connectivity index (χ2n) is 7.93. The van der Waals surface area contributed by atoms with E-state index in [4.69, 9.17) is 14.2 Å². The maximum Gasteiger partial charge on any atom is 0.250 e. The number of nitrogens with zero attached hydrogens (tertiary/aromatic N) is 2. The topological polar surface area (TPSA) is 80.3 Å². The van der Waals surface area contributed by atoms with Gasteiger partial charge in [0.15, 0.2) is 11.5 Å². The second-order valence-corrected chi connectivity index (χ2v) is 8.92. The van der Waals surface area contributed by atoms with Crippen LogP contribution in [0.15, 0.2) is 18.2 Å². The fourth-order valence-corrected chi connectivity index (χ4v) is 5.11. The molecule has 4 rings (SSSR count). The predicted molar refractivity (Wildman–Crippen MR) is 115 cm³/mol. The summed E-state index contributed by atoms with van der Waals surface area (Å²) in [4.78, 5) is 30.1. The number of nitrogens with one attached hydrogen (secondary N) is 1. The number of carbonyl (C=O) groups excluding carboxylic acids is 2. The lowest BCUT2D eigenvalue weighted by Gasteiger charge is -2.43. The van der Waals surface area contributed by atoms with Crippen LogP contribution < -0.4 is 14.8 Å². The number of thioether (sulfide) groups is 1. The van der Waals surface area contributed by atoms with Gasteiger partial charge in [-0.05, 0) is 25.5 Å². The van der Waals surface area contributed by atoms with Crippen LogP contribution in [0.5, 0.6) is 11.5 Å². The lowest BCUT2D eigenvalue weighted by atomic mass is 9.99. The van der Waals surface area contributed by atoms with Gasteiger partial charge in [-0.15, -0.1) is 11.8 Å². The number of rotatable bonds is 6. The summed E-state index contributed by atoms with van der Waals surface area (Å²) in [6.45, 7) is 7.71. The second kappa shape index (κ2) is 9.45. The highest BCUT2D eigenvalue weighted by Crippen LogP contribution is 2.34. The number of hydrogen-bond acceptors (Lipinski definition) is 7. The van der Waals surface area contributed by atoms with E-state index in [-0.39, 0.29) is 11.8 Å². The van der Waals surface area contributed by atoms with Crippen LogP contribution in [0.3, 0.4) is 0 Å². The number of fused-ring (bicyclic) bond motifs is 1. The first kappa shape index (κ1) is 21.3. The molecule has 1 aromatic rings. The Morgan fingerprint density at radius 1 is 1.13 bits per heavy atom. The Balaban J connectivity index is 1.41. The maximum atomic E-state index is 13.3. The fraction of sp³-hybridized carbons (Fsp3) is 0.619. The van der Waals surface area contributed by atoms with E-state index in [0.717, 1.165) is 39.3 Å². The first-order valence-corrected chi connectivity index (χ1v) is 11.6. The third-order valence-corrected chi connectivity index (χ3v) is 6.97. The van der Waals surface area contributed by atoms with E-state index in [1.807, 2.05) is 6.92 Å². The summed E-state index contributed by atoms with van der Waals surface area (Å²) in [6, 6.07) is 5.37. The molecule has 3 aliphatic heterocycles. The van der Waals surface area contributed by atoms with E-state index in [9.17, 15) is 9.59 Å². The highest BCUT2D eigenvalue weighted by Gasteiger charge is 2.44. The van der Waals surface area contributed by atoms with E-state index < -0.39 is 5.54 Å². The first-order valence-electron chi connectivity index (χ1n) is 10.5. The fourth-order valence-electron chi connectivity index (χ4n) is 3.99. The van der Waals surface area contributed by atoms with Gasteiger partial charge in [0.25, 0.3) is 5.91 Å². The van der Waals surface area contributed by atoms with E-state index in [2.05, 4.69) is 10.2 Å². The van der Waals surface area contributed by atoms with Crippen molar-refractivity contribution in [3.63, 3.8) is 0 Å². The SMILES string of the molecule is CC1(C(=O)Nc2ccc3c(c2)OCCO3)CSCC(=O)N1CCCN1CCOCC1. The lowest BCUT2D eigenvalue weighted by Crippen LogP contribution is -2.62. The van der Waals surface area contributed by atoms with Gasteiger partial charge < -0.3 is 24.4 Å². The van der Waals surface area contributed by atoms with Gasteiger partial charge in [-0.1, -0.05) is 0 Å². The third kappa shape index (κ3) is 4.68. The van der Waals surface area contributed by atoms with Gasteiger partial charge in [-0.3, -0.25) is 14.5 Å². The first-order chi connectivity index (χ1) is 14.6. The molecule has 1 N–H and O–H groups in total. The minimum absolute atomic E-state index is 0.0213. The highest BCUT2D eigenvalue weighted by atomic mass is 32.2. The minimum Gasteiger partial charge on any atom is -0.486 e. The van der Waals surface area contributed by atoms with Crippen molar-refractivity contribution >= 4 is 29.3 Å². The van der Waals surface area contributed by atoms with E-state index >= 15 is 0 Å². The largest absolute Gasteiger partial charge is 0.486 e. The molecule has 164 valence electrons. The molecule has 0 bridgehead atoms. The van der Waals surface area contributed by atoms with Gasteiger partial charge in [0.2, 0.25) is 5.91 Å². The number of ether oxygens (including phenoxy) is 3. The van der Waals surface area contributed by atoms with Crippen LogP contribution in [-0.4, -0.2) is 91.3 Å². The van der Waals surface area contributed by atoms with Crippen LogP contribution in [0.25, 0.3) is 0 Å². The van der Waals surface area contributed by atoms with E-state index in [1.165, 1.54) is 11.8 Å². The Morgan fingerprint density at radius 3 is 2.70 bits per heavy atom. The zero-order valence-corrected chi connectivity index (χ0v) is 18.2. The van der Waals surface area contributed by atoms with Gasteiger partial charge >= 0.3 is 0 Å². The molecule has 30 heavy (non-hydrogen) atoms. The molecule has 0 radical (unpaired) electrons. The average Bonchev–Trinajstić information content (AvgIpc) is 2.76. The van der Waals surface area contributed by atoms with E-state index in [1.54, 1.807) is 23.1 Å². The molecule has 1 unspecified atom stereocenters. The molecule has 1 atom stereocenters. The van der Waals surface area contributed by atoms with Gasteiger partial charge in [0, 0.05) is 43.7 Å². The number of carbonyl (C=O) groups is 2. The zero-order chi connectivity index (χ0) is 21.0. The van der Waals surface area contributed by atoms with Gasteiger partial charge in [-0.25, -0.2) is 0 Å². The molecule has 0 spiro atoms. The molecule has 2 amide bonds. The Bertz CT molecular complexity index is 786. The van der Waals surface area contributed by atoms with Crippen LogP contribution in [0.4, 0.5) is 5.69 Å². The summed E-state index contributed by atoms with van der Waals surface area (Å²) in [5.74, 6) is 2.15. The van der Waals surface area contributed by atoms with Crippen LogP contribution in [-0.2, 0) is 14.3 Å². The molecular weight excluding hydrogens is 406 g/mol. The van der Waals surface area contributed by atoms with Crippen molar-refractivity contribution in [2.75, 3.05) is 69.4 Å². The van der Waals surface area contributed by atoms with Gasteiger partial charge in [0.05, 0.1) is 19.0 Å². The molecule has 8 nitrogen and oxygen atoms in total. The number of hydrogen-bond donors (Lipinski definition) is 1. The normalized spacial score (nSPS) is 24.6. The van der Waals surface area contributed by atoms with Gasteiger partial charge in [-0.2, -0.15) is 0 Å². The molecule has 2 fully saturated rings. The molecule has 3 aliphatic rings. The highest BCUT2D eigenvalue weighted by molar-refractivity contribution is 8.00. The van der Waals surface area contributed by atoms with Crippen molar-refractivity contribution < 1.29 is 23.8 Å². The van der Waals surface area contributed by atoms with Crippen molar-refractivity contribution in [3.05, 3.63) is 18.2 Å². The summed E-state index contributed by atoms with van der Waals surface area (Å²) >= 11 is 1.51. The van der Waals surface area contributed by atoms with Crippen molar-refractivity contribution in [1.29, 1.82) is 0 Å². The number of morpholine rings is 1. The predicted octanol–water partition coefficient (Wildman–Crippen LogP) is 1.45. The molecule has 1 aromatic carbocycles. The molecule has 2 saturated heterocycles. The number of benzene rings is 1. The maximum absolute atomic E-state index is 13.3. The Kier molecular flexibility index (Phi) is 6.70. The molecule has 0 saturated carbocycles. The van der Waals surface area contributed by atoms with Crippen LogP contribution >= 0.6 is 11.8 Å². The van der Waals surface area contributed by atoms with Crippen LogP contribution in [0, 0.1) is 0 Å². The average molecular weight is 436 g/mol. The lowest BCUT2D eigenvalue weighted by molar-refractivity contribution is -0.142. The Labute approximate surface area is 181 Å². The monoisotopic (exact) mass is 435 g/mol. The zero-order valence-electron chi connectivity index (χ0n) is 17.4. The molecule has 3 heterocycles. The summed E-state index contributed by atoms with van der Waals surface area (Å²) in [5.41, 5.74) is -0.250. The summed E-state index contributed by atoms with van der Waals surface area (Å²) in [5, 5.41) is 2.98. The number of amides is 2. The molecule has 0 aromatic heterocycles. The summed E-state index contributed by atoms with van der Waals surface area (Å²) in [7, 11) is 0. The minimum atomic E-state index is -0.891. The standard InChI is InChI=1S/C21H29N3O5S/c1-21(20(26)22-16-3-4-17-18(13-16)29-12-11-28-17)15-30-14-19(25)24(21)6-2-5-23-7-9-27-10-8-23/h3-4,13H,2,5-12,14-15H2,1H3,(H,22,26). The van der Waals surface area contributed by atoms with Crippen LogP contribution in [0.1, 0.15) is 13.3 Å². The Hall–Kier alpha value is -1.97. The Morgan fingerprint density at radius 2 is 1.90 bits per heavy atom. The van der Waals surface area contributed by atoms with E-state index in [0.29, 0.717) is 48.5 Å². The van der Waals surface area contributed by atoms with Crippen molar-refractivity contribution in [1.82, 2.24) is 9.80 Å². The molecule has 0 aliphatic carbocycles.